The van der Waals surface area contributed by atoms with Crippen LogP contribution in [0.25, 0.3) is 11.4 Å². The number of nitrogens with zero attached hydrogens (tertiary/aromatic N) is 5. The maximum atomic E-state index is 12.5. The summed E-state index contributed by atoms with van der Waals surface area (Å²) in [7, 11) is 0. The molecule has 2 aromatic heterocycles. The number of piperidine rings is 1. The number of likely N-dealkylation sites (tertiary alicyclic amines) is 1. The molecule has 1 amide bonds. The van der Waals surface area contributed by atoms with E-state index in [9.17, 15) is 4.79 Å². The minimum atomic E-state index is -0.314. The Labute approximate surface area is 155 Å². The van der Waals surface area contributed by atoms with Gasteiger partial charge in [0, 0.05) is 37.4 Å². The minimum absolute atomic E-state index is 0.247. The molecule has 0 bridgehead atoms. The van der Waals surface area contributed by atoms with Gasteiger partial charge in [-0.25, -0.2) is 0 Å². The summed E-state index contributed by atoms with van der Waals surface area (Å²) in [5.74, 6) is 0.702. The molecule has 3 heterocycles. The van der Waals surface area contributed by atoms with Crippen molar-refractivity contribution in [3.05, 3.63) is 30.4 Å². The van der Waals surface area contributed by atoms with Gasteiger partial charge in [-0.1, -0.05) is 20.8 Å². The Morgan fingerprint density at radius 3 is 2.73 bits per heavy atom. The maximum absolute atomic E-state index is 12.5. The number of aromatic nitrogens is 4. The first kappa shape index (κ1) is 18.5. The fourth-order valence-electron chi connectivity index (χ4n) is 3.58. The zero-order valence-corrected chi connectivity index (χ0v) is 16.3. The van der Waals surface area contributed by atoms with Crippen LogP contribution >= 0.6 is 0 Å². The lowest BCUT2D eigenvalue weighted by Gasteiger charge is -2.36. The summed E-state index contributed by atoms with van der Waals surface area (Å²) < 4.78 is 1.92. The van der Waals surface area contributed by atoms with Crippen molar-refractivity contribution < 1.29 is 4.79 Å². The van der Waals surface area contributed by atoms with Crippen molar-refractivity contribution in [1.82, 2.24) is 24.6 Å². The van der Waals surface area contributed by atoms with Gasteiger partial charge < -0.3 is 4.90 Å². The predicted molar refractivity (Wildman–Crippen MR) is 101 cm³/mol. The number of aryl methyl sites for hydroxylation is 1. The molecule has 0 aliphatic carbocycles. The summed E-state index contributed by atoms with van der Waals surface area (Å²) in [4.78, 5) is 23.8. The number of carbonyl (C=O) groups is 1. The molecule has 1 atom stereocenters. The van der Waals surface area contributed by atoms with Crippen LogP contribution in [0.2, 0.25) is 0 Å². The number of hydrogen-bond acceptors (Lipinski definition) is 4. The molecule has 140 valence electrons. The Balaban J connectivity index is 1.65. The van der Waals surface area contributed by atoms with Gasteiger partial charge in [0.05, 0.1) is 17.6 Å². The number of amides is 1. The monoisotopic (exact) mass is 355 g/mol. The van der Waals surface area contributed by atoms with E-state index in [-0.39, 0.29) is 11.3 Å². The van der Waals surface area contributed by atoms with Gasteiger partial charge in [0.2, 0.25) is 5.91 Å². The Hall–Kier alpha value is -2.24. The van der Waals surface area contributed by atoms with Crippen LogP contribution in [0, 0.1) is 11.3 Å². The van der Waals surface area contributed by atoms with Crippen molar-refractivity contribution in [3.63, 3.8) is 0 Å². The van der Waals surface area contributed by atoms with Crippen LogP contribution in [0.5, 0.6) is 0 Å². The molecule has 2 aromatic rings. The first-order valence-electron chi connectivity index (χ1n) is 9.51. The fraction of sp³-hybridized carbons (Fsp3) is 0.600. The van der Waals surface area contributed by atoms with Gasteiger partial charge in [0.1, 0.15) is 5.69 Å². The molecular formula is C20H29N5O. The third kappa shape index (κ3) is 4.11. The maximum Gasteiger partial charge on any atom is 0.227 e. The molecule has 0 saturated carbocycles. The van der Waals surface area contributed by atoms with Crippen LogP contribution in [0.4, 0.5) is 0 Å². The van der Waals surface area contributed by atoms with Gasteiger partial charge in [-0.3, -0.25) is 19.4 Å². The summed E-state index contributed by atoms with van der Waals surface area (Å²) in [6.45, 7) is 10.5. The first-order chi connectivity index (χ1) is 12.4. The Morgan fingerprint density at radius 2 is 2.08 bits per heavy atom. The Morgan fingerprint density at radius 1 is 1.27 bits per heavy atom. The highest BCUT2D eigenvalue weighted by Gasteiger charge is 2.31. The molecule has 0 radical (unpaired) electrons. The summed E-state index contributed by atoms with van der Waals surface area (Å²) in [6, 6.07) is 1.96. The van der Waals surface area contributed by atoms with E-state index >= 15 is 0 Å². The molecule has 0 N–H and O–H groups in total. The third-order valence-corrected chi connectivity index (χ3v) is 4.93. The third-order valence-electron chi connectivity index (χ3n) is 4.93. The summed E-state index contributed by atoms with van der Waals surface area (Å²) >= 11 is 0. The van der Waals surface area contributed by atoms with Crippen LogP contribution in [-0.2, 0) is 17.8 Å². The average Bonchev–Trinajstić information content (AvgIpc) is 3.10. The summed E-state index contributed by atoms with van der Waals surface area (Å²) in [6.07, 6.45) is 8.56. The van der Waals surface area contributed by atoms with Crippen LogP contribution in [0.15, 0.2) is 24.7 Å². The van der Waals surface area contributed by atoms with Crippen molar-refractivity contribution in [3.8, 4) is 11.4 Å². The number of rotatable bonds is 4. The topological polar surface area (TPSA) is 63.9 Å². The molecule has 0 spiro atoms. The van der Waals surface area contributed by atoms with Crippen molar-refractivity contribution >= 4 is 5.91 Å². The predicted octanol–water partition coefficient (Wildman–Crippen LogP) is 3.19. The smallest absolute Gasteiger partial charge is 0.227 e. The second kappa shape index (κ2) is 7.56. The molecular weight excluding hydrogens is 326 g/mol. The van der Waals surface area contributed by atoms with E-state index in [1.54, 1.807) is 6.20 Å². The van der Waals surface area contributed by atoms with Crippen molar-refractivity contribution in [2.75, 3.05) is 13.1 Å². The van der Waals surface area contributed by atoms with Crippen molar-refractivity contribution in [2.24, 2.45) is 11.3 Å². The van der Waals surface area contributed by atoms with E-state index < -0.39 is 0 Å². The summed E-state index contributed by atoms with van der Waals surface area (Å²) in [5, 5.41) is 4.28. The van der Waals surface area contributed by atoms with E-state index in [4.69, 9.17) is 0 Å². The highest BCUT2D eigenvalue weighted by molar-refractivity contribution is 5.81. The van der Waals surface area contributed by atoms with Crippen molar-refractivity contribution in [1.29, 1.82) is 0 Å². The largest absolute Gasteiger partial charge is 0.342 e. The lowest BCUT2D eigenvalue weighted by molar-refractivity contribution is -0.141. The quantitative estimate of drug-likeness (QED) is 0.845. The van der Waals surface area contributed by atoms with E-state index in [1.807, 2.05) is 48.8 Å². The molecule has 1 fully saturated rings. The minimum Gasteiger partial charge on any atom is -0.342 e. The molecule has 0 aromatic carbocycles. The van der Waals surface area contributed by atoms with E-state index in [2.05, 4.69) is 22.0 Å². The molecule has 1 aliphatic rings. The molecule has 6 nitrogen and oxygen atoms in total. The molecule has 3 rings (SSSR count). The van der Waals surface area contributed by atoms with Crippen LogP contribution in [0.1, 0.15) is 46.2 Å². The van der Waals surface area contributed by atoms with E-state index in [0.717, 1.165) is 56.0 Å². The normalized spacial score (nSPS) is 18.2. The van der Waals surface area contributed by atoms with E-state index in [0.29, 0.717) is 5.92 Å². The average molecular weight is 355 g/mol. The zero-order valence-electron chi connectivity index (χ0n) is 16.3. The van der Waals surface area contributed by atoms with Crippen molar-refractivity contribution in [2.45, 2.75) is 53.5 Å². The summed E-state index contributed by atoms with van der Waals surface area (Å²) in [5.41, 5.74) is 2.52. The molecule has 6 heteroatoms. The van der Waals surface area contributed by atoms with Crippen LogP contribution in [0.3, 0.4) is 0 Å². The molecule has 26 heavy (non-hydrogen) atoms. The zero-order chi connectivity index (χ0) is 18.7. The standard InChI is InChI=1S/C20H29N5O/c1-5-25-18(8-9-23-25)17-13-21-16(12-22-17)11-15-7-6-10-24(14-15)19(26)20(2,3)4/h8-9,12-13,15H,5-7,10-11,14H2,1-4H3. The van der Waals surface area contributed by atoms with Crippen LogP contribution < -0.4 is 0 Å². The van der Waals surface area contributed by atoms with Gasteiger partial charge in [-0.2, -0.15) is 5.10 Å². The Bertz CT molecular complexity index is 744. The lowest BCUT2D eigenvalue weighted by atomic mass is 9.89. The number of carbonyl (C=O) groups excluding carboxylic acids is 1. The SMILES string of the molecule is CCn1nccc1-c1cnc(CC2CCCN(C(=O)C(C)(C)C)C2)cn1. The molecule has 1 unspecified atom stereocenters. The first-order valence-corrected chi connectivity index (χ1v) is 9.51. The highest BCUT2D eigenvalue weighted by atomic mass is 16.2. The van der Waals surface area contributed by atoms with Gasteiger partial charge in [-0.15, -0.1) is 0 Å². The van der Waals surface area contributed by atoms with Gasteiger partial charge >= 0.3 is 0 Å². The van der Waals surface area contributed by atoms with Gasteiger partial charge in [0.25, 0.3) is 0 Å². The molecule has 1 aliphatic heterocycles. The highest BCUT2D eigenvalue weighted by Crippen LogP contribution is 2.25. The fourth-order valence-corrected chi connectivity index (χ4v) is 3.58. The van der Waals surface area contributed by atoms with Gasteiger partial charge in [0.15, 0.2) is 0 Å². The van der Waals surface area contributed by atoms with E-state index in [1.165, 1.54) is 0 Å². The van der Waals surface area contributed by atoms with Gasteiger partial charge in [-0.05, 0) is 38.2 Å². The molecule has 1 saturated heterocycles. The Kier molecular flexibility index (Phi) is 5.39. The second-order valence-corrected chi connectivity index (χ2v) is 8.14. The number of hydrogen-bond donors (Lipinski definition) is 0. The van der Waals surface area contributed by atoms with Crippen LogP contribution in [-0.4, -0.2) is 43.6 Å². The second-order valence-electron chi connectivity index (χ2n) is 8.14. The lowest BCUT2D eigenvalue weighted by Crippen LogP contribution is -2.45.